The van der Waals surface area contributed by atoms with Crippen LogP contribution in [0, 0.1) is 5.41 Å². The van der Waals surface area contributed by atoms with Crippen LogP contribution in [0.3, 0.4) is 0 Å². The minimum Gasteiger partial charge on any atom is -0.349 e. The van der Waals surface area contributed by atoms with Gasteiger partial charge in [0.05, 0.1) is 11.5 Å². The Morgan fingerprint density at radius 3 is 2.95 bits per heavy atom. The predicted octanol–water partition coefficient (Wildman–Crippen LogP) is 3.41. The number of halogens is 1. The second-order valence-corrected chi connectivity index (χ2v) is 6.58. The number of amides is 1. The molecule has 3 nitrogen and oxygen atoms in total. The number of hydrogen-bond donors (Lipinski definition) is 2. The summed E-state index contributed by atoms with van der Waals surface area (Å²) in [6, 6.07) is 8.14. The van der Waals surface area contributed by atoms with Crippen LogP contribution in [-0.2, 0) is 4.79 Å². The molecule has 0 aliphatic carbocycles. The van der Waals surface area contributed by atoms with Gasteiger partial charge < -0.3 is 10.6 Å². The Bertz CT molecular complexity index is 469. The molecule has 2 atom stereocenters. The van der Waals surface area contributed by atoms with E-state index in [1.807, 2.05) is 25.1 Å². The number of nitrogens with one attached hydrogen (secondary N) is 2. The summed E-state index contributed by atoms with van der Waals surface area (Å²) in [5.74, 6) is 0.180. The lowest BCUT2D eigenvalue weighted by molar-refractivity contribution is -0.133. The fourth-order valence-corrected chi connectivity index (χ4v) is 3.25. The minimum absolute atomic E-state index is 0.0327. The fourth-order valence-electron chi connectivity index (χ4n) is 2.83. The third kappa shape index (κ3) is 3.41. The lowest BCUT2D eigenvalue weighted by Gasteiger charge is -2.36. The summed E-state index contributed by atoms with van der Waals surface area (Å²) < 4.78 is 1.04. The van der Waals surface area contributed by atoms with Crippen LogP contribution in [0.4, 0.5) is 0 Å². The van der Waals surface area contributed by atoms with E-state index in [-0.39, 0.29) is 17.4 Å². The van der Waals surface area contributed by atoms with Crippen molar-refractivity contribution in [1.29, 1.82) is 0 Å². The van der Waals surface area contributed by atoms with Crippen LogP contribution >= 0.6 is 15.9 Å². The molecule has 2 rings (SSSR count). The van der Waals surface area contributed by atoms with Crippen molar-refractivity contribution < 1.29 is 4.79 Å². The van der Waals surface area contributed by atoms with Crippen molar-refractivity contribution in [3.63, 3.8) is 0 Å². The van der Waals surface area contributed by atoms with E-state index in [1.165, 1.54) is 0 Å². The summed E-state index contributed by atoms with van der Waals surface area (Å²) in [5, 5.41) is 6.55. The Morgan fingerprint density at radius 2 is 2.35 bits per heavy atom. The molecule has 1 amide bonds. The molecule has 0 radical (unpaired) electrons. The van der Waals surface area contributed by atoms with Crippen LogP contribution in [0.2, 0.25) is 0 Å². The van der Waals surface area contributed by atoms with Gasteiger partial charge in [0.25, 0.3) is 0 Å². The minimum atomic E-state index is -0.238. The first-order valence-electron chi connectivity index (χ1n) is 7.34. The van der Waals surface area contributed by atoms with E-state index in [0.717, 1.165) is 42.4 Å². The average Bonchev–Trinajstić information content (AvgIpc) is 2.47. The molecule has 20 heavy (non-hydrogen) atoms. The van der Waals surface area contributed by atoms with Crippen LogP contribution in [0.15, 0.2) is 28.7 Å². The van der Waals surface area contributed by atoms with Crippen LogP contribution in [0.25, 0.3) is 0 Å². The van der Waals surface area contributed by atoms with Gasteiger partial charge in [-0.1, -0.05) is 35.0 Å². The van der Waals surface area contributed by atoms with Gasteiger partial charge in [-0.05, 0) is 50.4 Å². The second-order valence-electron chi connectivity index (χ2n) is 5.66. The lowest BCUT2D eigenvalue weighted by atomic mass is 9.77. The third-order valence-corrected chi connectivity index (χ3v) is 4.82. The molecule has 110 valence electrons. The van der Waals surface area contributed by atoms with E-state index in [9.17, 15) is 4.79 Å². The van der Waals surface area contributed by atoms with Crippen LogP contribution in [-0.4, -0.2) is 19.0 Å². The Kier molecular flexibility index (Phi) is 5.22. The molecule has 1 aliphatic heterocycles. The molecule has 1 fully saturated rings. The molecule has 0 bridgehead atoms. The molecule has 1 aliphatic rings. The molecule has 1 aromatic carbocycles. The van der Waals surface area contributed by atoms with Crippen molar-refractivity contribution in [2.75, 3.05) is 13.1 Å². The summed E-state index contributed by atoms with van der Waals surface area (Å²) in [7, 11) is 0. The number of piperidine rings is 1. The Labute approximate surface area is 129 Å². The van der Waals surface area contributed by atoms with Crippen molar-refractivity contribution in [2.24, 2.45) is 5.41 Å². The van der Waals surface area contributed by atoms with Gasteiger partial charge in [0.2, 0.25) is 5.91 Å². The highest BCUT2D eigenvalue weighted by molar-refractivity contribution is 9.10. The van der Waals surface area contributed by atoms with E-state index < -0.39 is 0 Å². The molecule has 1 heterocycles. The lowest BCUT2D eigenvalue weighted by Crippen LogP contribution is -2.50. The van der Waals surface area contributed by atoms with Crippen molar-refractivity contribution in [3.05, 3.63) is 34.3 Å². The molecule has 1 aromatic rings. The fraction of sp³-hybridized carbons (Fsp3) is 0.562. The van der Waals surface area contributed by atoms with Gasteiger partial charge in [-0.2, -0.15) is 0 Å². The Balaban J connectivity index is 2.06. The van der Waals surface area contributed by atoms with Crippen molar-refractivity contribution in [2.45, 2.75) is 39.2 Å². The first kappa shape index (κ1) is 15.5. The summed E-state index contributed by atoms with van der Waals surface area (Å²) in [4.78, 5) is 12.7. The van der Waals surface area contributed by atoms with Gasteiger partial charge in [-0.15, -0.1) is 0 Å². The third-order valence-electron chi connectivity index (χ3n) is 4.33. The zero-order valence-electron chi connectivity index (χ0n) is 12.2. The molecule has 1 unspecified atom stereocenters. The van der Waals surface area contributed by atoms with Crippen LogP contribution < -0.4 is 10.6 Å². The van der Waals surface area contributed by atoms with Crippen molar-refractivity contribution in [1.82, 2.24) is 10.6 Å². The number of carbonyl (C=O) groups excluding carboxylic acids is 1. The summed E-state index contributed by atoms with van der Waals surface area (Å²) >= 11 is 3.47. The number of rotatable bonds is 4. The maximum absolute atomic E-state index is 12.7. The zero-order chi connectivity index (χ0) is 14.6. The Morgan fingerprint density at radius 1 is 1.55 bits per heavy atom. The number of hydrogen-bond acceptors (Lipinski definition) is 2. The van der Waals surface area contributed by atoms with Gasteiger partial charge in [0.15, 0.2) is 0 Å². The van der Waals surface area contributed by atoms with Gasteiger partial charge >= 0.3 is 0 Å². The predicted molar refractivity (Wildman–Crippen MR) is 85.5 cm³/mol. The molecule has 0 aromatic heterocycles. The monoisotopic (exact) mass is 338 g/mol. The molecule has 1 saturated heterocycles. The number of carbonyl (C=O) groups is 1. The van der Waals surface area contributed by atoms with Gasteiger partial charge in [-0.3, -0.25) is 4.79 Å². The largest absolute Gasteiger partial charge is 0.349 e. The zero-order valence-corrected chi connectivity index (χ0v) is 13.8. The molecule has 2 N–H and O–H groups in total. The second kappa shape index (κ2) is 6.72. The normalized spacial score (nSPS) is 24.1. The molecule has 0 saturated carbocycles. The highest BCUT2D eigenvalue weighted by Crippen LogP contribution is 2.31. The highest BCUT2D eigenvalue weighted by Gasteiger charge is 2.38. The number of benzene rings is 1. The maximum Gasteiger partial charge on any atom is 0.227 e. The standard InChI is InChI=1S/C16H23BrN2O/c1-3-16(8-5-9-18-11-16)15(20)19-12(2)13-6-4-7-14(17)10-13/h4,6-7,10,12,18H,3,5,8-9,11H2,1-2H3,(H,19,20)/t12-,16?/m0/s1. The SMILES string of the molecule is CCC1(C(=O)N[C@@H](C)c2cccc(Br)c2)CCCNC1. The summed E-state index contributed by atoms with van der Waals surface area (Å²) in [6.45, 7) is 5.96. The quantitative estimate of drug-likeness (QED) is 0.883. The van der Waals surface area contributed by atoms with Crippen LogP contribution in [0.1, 0.15) is 44.7 Å². The van der Waals surface area contributed by atoms with Gasteiger partial charge in [0, 0.05) is 11.0 Å². The van der Waals surface area contributed by atoms with E-state index in [0.29, 0.717) is 0 Å². The highest BCUT2D eigenvalue weighted by atomic mass is 79.9. The van der Waals surface area contributed by atoms with E-state index in [2.05, 4.69) is 39.6 Å². The van der Waals surface area contributed by atoms with E-state index in [4.69, 9.17) is 0 Å². The van der Waals surface area contributed by atoms with Gasteiger partial charge in [-0.25, -0.2) is 0 Å². The maximum atomic E-state index is 12.7. The summed E-state index contributed by atoms with van der Waals surface area (Å²) in [5.41, 5.74) is 0.890. The first-order valence-corrected chi connectivity index (χ1v) is 8.14. The smallest absolute Gasteiger partial charge is 0.227 e. The Hall–Kier alpha value is -0.870. The van der Waals surface area contributed by atoms with Crippen LogP contribution in [0.5, 0.6) is 0 Å². The molecule has 4 heteroatoms. The van der Waals surface area contributed by atoms with E-state index >= 15 is 0 Å². The van der Waals surface area contributed by atoms with Crippen molar-refractivity contribution in [3.8, 4) is 0 Å². The topological polar surface area (TPSA) is 41.1 Å². The summed E-state index contributed by atoms with van der Waals surface area (Å²) in [6.07, 6.45) is 2.94. The first-order chi connectivity index (χ1) is 9.57. The van der Waals surface area contributed by atoms with E-state index in [1.54, 1.807) is 0 Å². The average molecular weight is 339 g/mol. The molecular formula is C16H23BrN2O. The van der Waals surface area contributed by atoms with Crippen molar-refractivity contribution >= 4 is 21.8 Å². The molecule has 0 spiro atoms. The van der Waals surface area contributed by atoms with Gasteiger partial charge in [0.1, 0.15) is 0 Å². The molecular weight excluding hydrogens is 316 g/mol.